The van der Waals surface area contributed by atoms with Crippen molar-refractivity contribution in [1.82, 2.24) is 0 Å². The first kappa shape index (κ1) is 54.5. The van der Waals surface area contributed by atoms with Crippen molar-refractivity contribution in [2.24, 2.45) is 0 Å². The minimum atomic E-state index is -3.81. The van der Waals surface area contributed by atoms with Crippen LogP contribution in [0.15, 0.2) is 242 Å². The predicted octanol–water partition coefficient (Wildman–Crippen LogP) is 17.5. The van der Waals surface area contributed by atoms with Gasteiger partial charge in [-0.15, -0.1) is 0 Å². The first-order valence-electron chi connectivity index (χ1n) is 25.0. The molecule has 0 heterocycles. The first-order chi connectivity index (χ1) is 36.1. The monoisotopic (exact) mass is 1020 g/mol. The fraction of sp³-hybridized carbons (Fsp3) is 0.156. The summed E-state index contributed by atoms with van der Waals surface area (Å²) in [4.78, 5) is 0. The molecule has 376 valence electrons. The molecular formula is C64H64N2O6P2. The molecule has 0 amide bonds. The fourth-order valence-electron chi connectivity index (χ4n) is 8.08. The molecule has 0 saturated heterocycles. The molecule has 8 nitrogen and oxygen atoms in total. The van der Waals surface area contributed by atoms with Gasteiger partial charge in [0, 0.05) is 22.3 Å². The highest BCUT2D eigenvalue weighted by Gasteiger charge is 2.38. The highest BCUT2D eigenvalue weighted by atomic mass is 31.2. The van der Waals surface area contributed by atoms with Crippen molar-refractivity contribution in [2.45, 2.75) is 41.5 Å². The Balaban J connectivity index is 0.000000216. The van der Waals surface area contributed by atoms with Crippen molar-refractivity contribution >= 4 is 49.4 Å². The van der Waals surface area contributed by atoms with E-state index >= 15 is 0 Å². The third-order valence-corrected chi connectivity index (χ3v) is 15.7. The molecule has 0 unspecified atom stereocenters. The van der Waals surface area contributed by atoms with Crippen LogP contribution in [0.1, 0.15) is 72.2 Å². The number of rotatable bonds is 20. The molecular weight excluding hydrogens is 955 g/mol. The SMILES string of the molecule is CCOP(=O)(OCC)N(C(=C=C(c1ccccc1)c1ccccc1)c1ccccc1)c1ccc(C)cc1.CCOP(=O)(OCC)N(C(=C=C(c1ccccc1)c1ccccc1)c1ccccc1)c1ccc(C)cc1. The van der Waals surface area contributed by atoms with E-state index in [9.17, 15) is 9.13 Å². The maximum Gasteiger partial charge on any atom is 0.440 e. The lowest BCUT2D eigenvalue weighted by atomic mass is 9.98. The molecule has 8 aromatic carbocycles. The average molecular weight is 1020 g/mol. The summed E-state index contributed by atoms with van der Waals surface area (Å²) in [5.74, 6) is 0. The second-order valence-electron chi connectivity index (χ2n) is 16.8. The van der Waals surface area contributed by atoms with Crippen LogP contribution in [0.3, 0.4) is 0 Å². The van der Waals surface area contributed by atoms with E-state index in [1.165, 1.54) is 0 Å². The zero-order valence-electron chi connectivity index (χ0n) is 43.0. The third-order valence-electron chi connectivity index (χ3n) is 11.5. The Morgan fingerprint density at radius 1 is 0.338 bits per heavy atom. The van der Waals surface area contributed by atoms with Crippen LogP contribution in [0, 0.1) is 13.8 Å². The van der Waals surface area contributed by atoms with Gasteiger partial charge in [0.15, 0.2) is 0 Å². The van der Waals surface area contributed by atoms with E-state index in [1.54, 1.807) is 9.34 Å². The molecule has 0 aromatic heterocycles. The largest absolute Gasteiger partial charge is 0.440 e. The lowest BCUT2D eigenvalue weighted by Crippen LogP contribution is -2.21. The van der Waals surface area contributed by atoms with Gasteiger partial charge in [-0.2, -0.15) is 0 Å². The number of benzene rings is 8. The summed E-state index contributed by atoms with van der Waals surface area (Å²) < 4.78 is 55.9. The molecule has 0 radical (unpaired) electrons. The van der Waals surface area contributed by atoms with E-state index in [-0.39, 0.29) is 26.4 Å². The van der Waals surface area contributed by atoms with E-state index in [0.717, 1.165) is 55.7 Å². The van der Waals surface area contributed by atoms with Gasteiger partial charge in [-0.05, 0) is 88.1 Å². The average Bonchev–Trinajstić information content (AvgIpc) is 3.43. The van der Waals surface area contributed by atoms with Gasteiger partial charge in [-0.25, -0.2) is 18.5 Å². The second kappa shape index (κ2) is 27.1. The van der Waals surface area contributed by atoms with Crippen molar-refractivity contribution in [1.29, 1.82) is 0 Å². The Bertz CT molecular complexity index is 2910. The molecule has 0 bridgehead atoms. The summed E-state index contributed by atoms with van der Waals surface area (Å²) in [5, 5.41) is 0. The molecule has 0 fully saturated rings. The second-order valence-corrected chi connectivity index (χ2v) is 20.5. The normalized spacial score (nSPS) is 11.0. The van der Waals surface area contributed by atoms with Crippen molar-refractivity contribution in [2.75, 3.05) is 35.8 Å². The summed E-state index contributed by atoms with van der Waals surface area (Å²) in [7, 11) is -7.61. The van der Waals surface area contributed by atoms with Gasteiger partial charge < -0.3 is 0 Å². The maximum absolute atomic E-state index is 14.5. The smallest absolute Gasteiger partial charge is 0.292 e. The van der Waals surface area contributed by atoms with Gasteiger partial charge in [0.05, 0.1) is 37.8 Å². The van der Waals surface area contributed by atoms with Gasteiger partial charge in [0.25, 0.3) is 0 Å². The van der Waals surface area contributed by atoms with Gasteiger partial charge in [-0.3, -0.25) is 18.1 Å². The standard InChI is InChI=1S/2C32H32NO3P/c2*1-4-35-37(34,36-5-2)33(30-23-21-26(3)22-24-30)32(29-19-13-8-14-20-29)25-31(27-15-9-6-10-16-27)28-17-11-7-12-18-28/h2*6-24H,4-5H2,1-3H3. The van der Waals surface area contributed by atoms with Crippen LogP contribution < -0.4 is 9.34 Å². The Labute approximate surface area is 438 Å². The van der Waals surface area contributed by atoms with Crippen molar-refractivity contribution in [3.05, 3.63) is 286 Å². The van der Waals surface area contributed by atoms with Gasteiger partial charge in [0.2, 0.25) is 0 Å². The summed E-state index contributed by atoms with van der Waals surface area (Å²) in [6.07, 6.45) is 0. The molecule has 10 heteroatoms. The zero-order chi connectivity index (χ0) is 52.2. The third kappa shape index (κ3) is 14.0. The lowest BCUT2D eigenvalue weighted by Gasteiger charge is -2.32. The Hall–Kier alpha value is -7.30. The summed E-state index contributed by atoms with van der Waals surface area (Å²) in [6.45, 7) is 12.3. The van der Waals surface area contributed by atoms with Crippen LogP contribution in [0.2, 0.25) is 0 Å². The molecule has 0 aliphatic rings. The fourth-order valence-corrected chi connectivity index (χ4v) is 11.7. The van der Waals surface area contributed by atoms with Crippen molar-refractivity contribution < 1.29 is 27.2 Å². The molecule has 0 saturated carbocycles. The van der Waals surface area contributed by atoms with Gasteiger partial charge in [-0.1, -0.05) is 229 Å². The molecule has 0 spiro atoms. The summed E-state index contributed by atoms with van der Waals surface area (Å²) >= 11 is 0. The Morgan fingerprint density at radius 3 is 0.770 bits per heavy atom. The van der Waals surface area contributed by atoms with E-state index in [1.807, 2.05) is 224 Å². The first-order valence-corrected chi connectivity index (χ1v) is 28.0. The zero-order valence-corrected chi connectivity index (χ0v) is 44.8. The molecule has 0 atom stereocenters. The molecule has 0 aliphatic heterocycles. The maximum atomic E-state index is 14.5. The molecule has 0 N–H and O–H groups in total. The van der Waals surface area contributed by atoms with E-state index in [0.29, 0.717) is 22.8 Å². The predicted molar refractivity (Wildman–Crippen MR) is 307 cm³/mol. The summed E-state index contributed by atoms with van der Waals surface area (Å²) in [5.41, 5.74) is 19.5. The minimum absolute atomic E-state index is 0.232. The molecule has 74 heavy (non-hydrogen) atoms. The highest BCUT2D eigenvalue weighted by Crippen LogP contribution is 2.59. The quantitative estimate of drug-likeness (QED) is 0.0552. The lowest BCUT2D eigenvalue weighted by molar-refractivity contribution is 0.219. The molecule has 8 aromatic rings. The van der Waals surface area contributed by atoms with E-state index in [4.69, 9.17) is 18.1 Å². The van der Waals surface area contributed by atoms with Crippen LogP contribution in [0.25, 0.3) is 22.5 Å². The Kier molecular flexibility index (Phi) is 20.0. The number of hydrogen-bond acceptors (Lipinski definition) is 6. The topological polar surface area (TPSA) is 77.5 Å². The van der Waals surface area contributed by atoms with Crippen molar-refractivity contribution in [3.63, 3.8) is 0 Å². The van der Waals surface area contributed by atoms with E-state index < -0.39 is 15.5 Å². The van der Waals surface area contributed by atoms with Crippen LogP contribution in [0.5, 0.6) is 0 Å². The number of anilines is 2. The number of nitrogens with zero attached hydrogens (tertiary/aromatic N) is 2. The van der Waals surface area contributed by atoms with Gasteiger partial charge in [0.1, 0.15) is 11.4 Å². The van der Waals surface area contributed by atoms with Crippen LogP contribution >= 0.6 is 15.5 Å². The van der Waals surface area contributed by atoms with E-state index in [2.05, 4.69) is 60.0 Å². The minimum Gasteiger partial charge on any atom is -0.292 e. The van der Waals surface area contributed by atoms with Crippen LogP contribution in [-0.2, 0) is 27.2 Å². The number of hydrogen-bond donors (Lipinski definition) is 0. The van der Waals surface area contributed by atoms with Crippen LogP contribution in [0.4, 0.5) is 11.4 Å². The summed E-state index contributed by atoms with van der Waals surface area (Å²) in [6, 6.07) is 75.9. The Morgan fingerprint density at radius 2 is 0.554 bits per heavy atom. The molecule has 0 aliphatic carbocycles. The highest BCUT2D eigenvalue weighted by molar-refractivity contribution is 7.56. The number of aryl methyl sites for hydroxylation is 2. The van der Waals surface area contributed by atoms with Gasteiger partial charge >= 0.3 is 15.5 Å². The molecule has 8 rings (SSSR count). The van der Waals surface area contributed by atoms with Crippen molar-refractivity contribution in [3.8, 4) is 0 Å². The van der Waals surface area contributed by atoms with Crippen LogP contribution in [-0.4, -0.2) is 26.4 Å².